The Morgan fingerprint density at radius 1 is 1.06 bits per heavy atom. The van der Waals surface area contributed by atoms with Crippen LogP contribution in [0, 0.1) is 47.8 Å². The van der Waals surface area contributed by atoms with Crippen molar-refractivity contribution in [2.45, 2.75) is 91.5 Å². The molecule has 52 heavy (non-hydrogen) atoms. The van der Waals surface area contributed by atoms with Crippen LogP contribution >= 0.6 is 11.3 Å². The molecule has 5 aliphatic rings. The van der Waals surface area contributed by atoms with E-state index in [0.29, 0.717) is 36.5 Å². The molecule has 0 radical (unpaired) electrons. The lowest BCUT2D eigenvalue weighted by Crippen LogP contribution is -2.65. The molecule has 5 atom stereocenters. The summed E-state index contributed by atoms with van der Waals surface area (Å²) in [7, 11) is 0. The van der Waals surface area contributed by atoms with Crippen molar-refractivity contribution in [1.82, 2.24) is 25.0 Å². The van der Waals surface area contributed by atoms with Crippen LogP contribution in [0.3, 0.4) is 0 Å². The van der Waals surface area contributed by atoms with Crippen molar-refractivity contribution >= 4 is 35.0 Å². The van der Waals surface area contributed by atoms with Gasteiger partial charge in [-0.3, -0.25) is 19.2 Å². The van der Waals surface area contributed by atoms with Crippen LogP contribution in [-0.4, -0.2) is 119 Å². The fraction of sp³-hybridized carbons (Fsp3) is 0.757. The number of rotatable bonds is 10. The number of thiazole rings is 1. The van der Waals surface area contributed by atoms with Gasteiger partial charge in [0.15, 0.2) is 0 Å². The number of nitrogens with one attached hydrogen (secondary N) is 1. The molecule has 0 aromatic carbocycles. The monoisotopic (exact) mass is 751 g/mol. The number of piperidine rings is 1. The van der Waals surface area contributed by atoms with Gasteiger partial charge in [0.2, 0.25) is 17.7 Å². The summed E-state index contributed by atoms with van der Waals surface area (Å²) in [5.74, 6) is -3.53. The summed E-state index contributed by atoms with van der Waals surface area (Å²) in [5, 5.41) is 13.9. The fourth-order valence-electron chi connectivity index (χ4n) is 8.58. The van der Waals surface area contributed by atoms with Crippen molar-refractivity contribution < 1.29 is 42.2 Å². The molecule has 1 aromatic rings. The number of amides is 4. The number of alkyl halides is 3. The number of likely N-dealkylation sites (tertiary alicyclic amines) is 3. The Morgan fingerprint density at radius 2 is 1.71 bits per heavy atom. The van der Waals surface area contributed by atoms with Gasteiger partial charge in [-0.1, -0.05) is 26.0 Å². The van der Waals surface area contributed by atoms with Crippen molar-refractivity contribution in [3.63, 3.8) is 0 Å². The molecule has 6 rings (SSSR count). The zero-order valence-electron chi connectivity index (χ0n) is 30.8. The second-order valence-corrected chi connectivity index (χ2v) is 17.9. The maximum absolute atomic E-state index is 14.5. The zero-order valence-corrected chi connectivity index (χ0v) is 31.6. The highest BCUT2D eigenvalue weighted by atomic mass is 32.1. The zero-order chi connectivity index (χ0) is 37.8. The third-order valence-electron chi connectivity index (χ3n) is 12.3. The number of aliphatic hydroxyl groups is 1. The second kappa shape index (κ2) is 14.3. The average molecular weight is 752 g/mol. The number of halogens is 3. The van der Waals surface area contributed by atoms with Crippen molar-refractivity contribution in [3.05, 3.63) is 27.7 Å². The van der Waals surface area contributed by atoms with Crippen LogP contribution in [0.15, 0.2) is 12.2 Å². The van der Waals surface area contributed by atoms with Gasteiger partial charge in [0.05, 0.1) is 41.9 Å². The number of nitrogens with zero attached hydrogens (tertiary/aromatic N) is 4. The Hall–Kier alpha value is -3.04. The molecular formula is C37H52F3N5O6S. The van der Waals surface area contributed by atoms with E-state index < -0.39 is 52.8 Å². The maximum Gasteiger partial charge on any atom is 0.391 e. The van der Waals surface area contributed by atoms with E-state index in [9.17, 15) is 37.5 Å². The van der Waals surface area contributed by atoms with Crippen LogP contribution in [0.2, 0.25) is 0 Å². The summed E-state index contributed by atoms with van der Waals surface area (Å²) in [6.45, 7) is 10.1. The van der Waals surface area contributed by atoms with Crippen LogP contribution in [0.1, 0.15) is 79.7 Å². The first-order valence-corrected chi connectivity index (χ1v) is 19.3. The first-order valence-electron chi connectivity index (χ1n) is 18.4. The Bertz CT molecular complexity index is 1580. The largest absolute Gasteiger partial charge is 0.396 e. The standard InChI is InChI=1S/C37H52F3N5O6S/c1-22-29(52-24(3)41-22)33(50)44-16-27(36(17-44)18-45(19-36)31(48)26-15-34(26,4)5)30(47)42-28(23(2)51-21-35(20-46)11-7-6-8-12-35)32(49)43-13-9-25(10-14-43)37(38,39)40/h6-7,23,25-28,46H,8-21H2,1-5H3,(H,42,47)/t23-,26-,27+,28+,35?/m1/s1. The van der Waals surface area contributed by atoms with Gasteiger partial charge < -0.3 is 29.9 Å². The van der Waals surface area contributed by atoms with Gasteiger partial charge in [-0.05, 0) is 64.7 Å². The van der Waals surface area contributed by atoms with Gasteiger partial charge >= 0.3 is 6.18 Å². The average Bonchev–Trinajstić information content (AvgIpc) is 3.37. The Labute approximate surface area is 307 Å². The van der Waals surface area contributed by atoms with Gasteiger partial charge in [-0.15, -0.1) is 11.3 Å². The van der Waals surface area contributed by atoms with Crippen molar-refractivity contribution in [2.24, 2.45) is 34.0 Å². The second-order valence-electron chi connectivity index (χ2n) is 16.7. The van der Waals surface area contributed by atoms with Gasteiger partial charge in [0.25, 0.3) is 5.91 Å². The smallest absolute Gasteiger partial charge is 0.391 e. The van der Waals surface area contributed by atoms with Crippen molar-refractivity contribution in [1.29, 1.82) is 0 Å². The van der Waals surface area contributed by atoms with Crippen molar-refractivity contribution in [3.8, 4) is 0 Å². The molecule has 4 fully saturated rings. The molecule has 1 aromatic heterocycles. The van der Waals surface area contributed by atoms with E-state index in [-0.39, 0.29) is 75.4 Å². The molecule has 1 unspecified atom stereocenters. The molecule has 4 amide bonds. The minimum atomic E-state index is -4.35. The number of carbonyl (C=O) groups excluding carboxylic acids is 4. The summed E-state index contributed by atoms with van der Waals surface area (Å²) in [6.07, 6.45) is 1.18. The Kier molecular flexibility index (Phi) is 10.6. The lowest BCUT2D eigenvalue weighted by atomic mass is 9.70. The van der Waals surface area contributed by atoms with E-state index in [1.807, 2.05) is 19.1 Å². The Balaban J connectivity index is 1.23. The first-order chi connectivity index (χ1) is 24.4. The first kappa shape index (κ1) is 38.7. The molecule has 11 nitrogen and oxygen atoms in total. The highest BCUT2D eigenvalue weighted by Gasteiger charge is 2.62. The van der Waals surface area contributed by atoms with Crippen LogP contribution in [0.25, 0.3) is 0 Å². The molecule has 1 spiro atoms. The van der Waals surface area contributed by atoms with E-state index >= 15 is 0 Å². The number of carbonyl (C=O) groups is 4. The highest BCUT2D eigenvalue weighted by Crippen LogP contribution is 2.55. The van der Waals surface area contributed by atoms with Crippen LogP contribution in [0.4, 0.5) is 13.2 Å². The Morgan fingerprint density at radius 3 is 2.25 bits per heavy atom. The number of aromatic nitrogens is 1. The fourth-order valence-corrected chi connectivity index (χ4v) is 9.47. The lowest BCUT2D eigenvalue weighted by molar-refractivity contribution is -0.187. The van der Waals surface area contributed by atoms with E-state index in [1.54, 1.807) is 23.6 Å². The number of hydrogen-bond acceptors (Lipinski definition) is 8. The normalized spacial score (nSPS) is 28.1. The molecule has 3 saturated heterocycles. The molecule has 2 N–H and O–H groups in total. The number of aliphatic hydroxyl groups excluding tert-OH is 1. The van der Waals surface area contributed by atoms with Crippen LogP contribution in [0.5, 0.6) is 0 Å². The predicted octanol–water partition coefficient (Wildman–Crippen LogP) is 4.12. The molecule has 1 saturated carbocycles. The third-order valence-corrected chi connectivity index (χ3v) is 13.4. The summed E-state index contributed by atoms with van der Waals surface area (Å²) < 4.78 is 46.7. The summed E-state index contributed by atoms with van der Waals surface area (Å²) >= 11 is 1.29. The summed E-state index contributed by atoms with van der Waals surface area (Å²) in [5.41, 5.74) is -0.750. The number of ether oxygens (including phenoxy) is 1. The number of allylic oxidation sites excluding steroid dienone is 2. The van der Waals surface area contributed by atoms with Gasteiger partial charge in [0, 0.05) is 56.0 Å². The molecular weight excluding hydrogens is 699 g/mol. The lowest BCUT2D eigenvalue weighted by Gasteiger charge is -2.50. The summed E-state index contributed by atoms with van der Waals surface area (Å²) in [4.78, 5) is 65.5. The molecule has 15 heteroatoms. The minimum absolute atomic E-state index is 0.0428. The molecule has 3 aliphatic heterocycles. The van der Waals surface area contributed by atoms with Crippen LogP contribution in [-0.2, 0) is 19.1 Å². The molecule has 4 heterocycles. The topological polar surface area (TPSA) is 132 Å². The third kappa shape index (κ3) is 7.64. The molecule has 0 bridgehead atoms. The van der Waals surface area contributed by atoms with E-state index in [1.165, 1.54) is 16.2 Å². The molecule has 2 aliphatic carbocycles. The highest BCUT2D eigenvalue weighted by molar-refractivity contribution is 7.13. The predicted molar refractivity (Wildman–Crippen MR) is 187 cm³/mol. The van der Waals surface area contributed by atoms with E-state index in [4.69, 9.17) is 4.74 Å². The quantitative estimate of drug-likeness (QED) is 0.344. The maximum atomic E-state index is 14.5. The summed E-state index contributed by atoms with van der Waals surface area (Å²) in [6, 6.07) is -1.22. The number of hydrogen-bond donors (Lipinski definition) is 2. The van der Waals surface area contributed by atoms with Gasteiger partial charge in [0.1, 0.15) is 10.9 Å². The van der Waals surface area contributed by atoms with Gasteiger partial charge in [-0.2, -0.15) is 13.2 Å². The van der Waals surface area contributed by atoms with Gasteiger partial charge in [-0.25, -0.2) is 4.98 Å². The van der Waals surface area contributed by atoms with E-state index in [0.717, 1.165) is 17.8 Å². The SMILES string of the molecule is Cc1nc(C)c(C(=O)N2C[C@@H](C(=O)N[C@H](C(=O)N3CCC(C(F)(F)F)CC3)[C@@H](C)OCC3(CO)CC=CCC3)C3(C2)CN(C(=O)[C@H]2CC2(C)C)C3)s1. The van der Waals surface area contributed by atoms with Crippen LogP contribution < -0.4 is 5.32 Å². The minimum Gasteiger partial charge on any atom is -0.396 e. The molecule has 288 valence electrons. The van der Waals surface area contributed by atoms with Crippen molar-refractivity contribution in [2.75, 3.05) is 52.5 Å². The van der Waals surface area contributed by atoms with E-state index in [2.05, 4.69) is 24.1 Å². The number of aryl methyl sites for hydroxylation is 2.